The SMILES string of the molecule is CC[C@@H]1C(c2cccc(Cl)c2)=NN(c2ccc(Br)cc2)[C@H]1C(=O)N1CCOC1=O. The Morgan fingerprint density at radius 1 is 1.28 bits per heavy atom. The topological polar surface area (TPSA) is 62.2 Å². The van der Waals surface area contributed by atoms with Gasteiger partial charge >= 0.3 is 6.09 Å². The number of nitrogens with zero attached hydrogens (tertiary/aromatic N) is 3. The Kier molecular flexibility index (Phi) is 5.61. The summed E-state index contributed by atoms with van der Waals surface area (Å²) in [6.07, 6.45) is 0.0781. The summed E-state index contributed by atoms with van der Waals surface area (Å²) in [5.41, 5.74) is 2.42. The number of cyclic esters (lactones) is 1. The molecule has 29 heavy (non-hydrogen) atoms. The molecule has 0 unspecified atom stereocenters. The Hall–Kier alpha value is -2.38. The smallest absolute Gasteiger partial charge is 0.416 e. The van der Waals surface area contributed by atoms with Crippen LogP contribution in [0.1, 0.15) is 18.9 Å². The number of amides is 2. The molecule has 2 aromatic carbocycles. The average Bonchev–Trinajstić information content (AvgIpc) is 3.31. The third kappa shape index (κ3) is 3.76. The largest absolute Gasteiger partial charge is 0.447 e. The van der Waals surface area contributed by atoms with E-state index in [4.69, 9.17) is 21.4 Å². The number of rotatable bonds is 4. The van der Waals surface area contributed by atoms with Crippen LogP contribution >= 0.6 is 27.5 Å². The fraction of sp³-hybridized carbons (Fsp3) is 0.286. The number of halogens is 2. The van der Waals surface area contributed by atoms with Crippen molar-refractivity contribution >= 4 is 50.9 Å². The molecule has 2 aliphatic rings. The summed E-state index contributed by atoms with van der Waals surface area (Å²) in [5.74, 6) is -0.499. The minimum absolute atomic E-state index is 0.196. The van der Waals surface area contributed by atoms with Crippen molar-refractivity contribution in [3.63, 3.8) is 0 Å². The van der Waals surface area contributed by atoms with Crippen LogP contribution in [0, 0.1) is 5.92 Å². The number of carbonyl (C=O) groups is 2. The number of hydrazone groups is 1. The third-order valence-electron chi connectivity index (χ3n) is 5.14. The van der Waals surface area contributed by atoms with Gasteiger partial charge in [-0.1, -0.05) is 46.6 Å². The minimum Gasteiger partial charge on any atom is -0.447 e. The molecule has 1 fully saturated rings. The van der Waals surface area contributed by atoms with E-state index in [0.29, 0.717) is 11.4 Å². The summed E-state index contributed by atoms with van der Waals surface area (Å²) in [4.78, 5) is 26.6. The van der Waals surface area contributed by atoms with Gasteiger partial charge in [0.05, 0.1) is 17.9 Å². The second-order valence-corrected chi connectivity index (χ2v) is 8.23. The van der Waals surface area contributed by atoms with Gasteiger partial charge in [-0.3, -0.25) is 9.80 Å². The first-order chi connectivity index (χ1) is 14.0. The normalized spacial score (nSPS) is 21.3. The van der Waals surface area contributed by atoms with Gasteiger partial charge in [0, 0.05) is 15.4 Å². The first kappa shape index (κ1) is 19.9. The van der Waals surface area contributed by atoms with Crippen molar-refractivity contribution in [2.45, 2.75) is 19.4 Å². The van der Waals surface area contributed by atoms with Crippen molar-refractivity contribution in [2.24, 2.45) is 11.0 Å². The number of hydrogen-bond acceptors (Lipinski definition) is 5. The van der Waals surface area contributed by atoms with Gasteiger partial charge in [-0.25, -0.2) is 9.69 Å². The van der Waals surface area contributed by atoms with Crippen molar-refractivity contribution in [1.29, 1.82) is 0 Å². The second-order valence-electron chi connectivity index (χ2n) is 6.88. The van der Waals surface area contributed by atoms with Crippen LogP contribution in [0.4, 0.5) is 10.5 Å². The fourth-order valence-electron chi connectivity index (χ4n) is 3.75. The van der Waals surface area contributed by atoms with E-state index in [1.165, 1.54) is 4.90 Å². The zero-order valence-corrected chi connectivity index (χ0v) is 18.1. The lowest BCUT2D eigenvalue weighted by Gasteiger charge is -2.28. The first-order valence-corrected chi connectivity index (χ1v) is 10.5. The van der Waals surface area contributed by atoms with Crippen LogP contribution in [-0.4, -0.2) is 41.8 Å². The van der Waals surface area contributed by atoms with Crippen molar-refractivity contribution in [3.8, 4) is 0 Å². The molecule has 2 aromatic rings. The number of carbonyl (C=O) groups excluding carboxylic acids is 2. The van der Waals surface area contributed by atoms with Crippen molar-refractivity contribution in [1.82, 2.24) is 4.90 Å². The van der Waals surface area contributed by atoms with Gasteiger partial charge in [0.25, 0.3) is 5.91 Å². The quantitative estimate of drug-likeness (QED) is 0.642. The standard InChI is InChI=1S/C21H19BrClN3O3/c1-2-17-18(13-4-3-5-15(23)12-13)24-26(16-8-6-14(22)7-9-16)19(17)20(27)25-10-11-29-21(25)28/h3-9,12,17,19H,2,10-11H2,1H3/t17-,19-/m1/s1. The number of ether oxygens (including phenoxy) is 1. The average molecular weight is 477 g/mol. The molecule has 2 aliphatic heterocycles. The molecule has 0 aromatic heterocycles. The molecule has 0 saturated carbocycles. The second kappa shape index (κ2) is 8.16. The van der Waals surface area contributed by atoms with Crippen molar-refractivity contribution in [2.75, 3.05) is 18.2 Å². The summed E-state index contributed by atoms with van der Waals surface area (Å²) in [6, 6.07) is 14.4. The van der Waals surface area contributed by atoms with E-state index in [2.05, 4.69) is 15.9 Å². The van der Waals surface area contributed by atoms with Crippen molar-refractivity contribution in [3.05, 3.63) is 63.6 Å². The zero-order chi connectivity index (χ0) is 20.5. The number of hydrogen-bond donors (Lipinski definition) is 0. The molecule has 6 nitrogen and oxygen atoms in total. The van der Waals surface area contributed by atoms with Gasteiger partial charge < -0.3 is 4.74 Å². The molecule has 150 valence electrons. The third-order valence-corrected chi connectivity index (χ3v) is 5.91. The molecule has 0 aliphatic carbocycles. The van der Waals surface area contributed by atoms with Gasteiger partial charge in [0.15, 0.2) is 0 Å². The van der Waals surface area contributed by atoms with E-state index in [1.54, 1.807) is 11.1 Å². The highest BCUT2D eigenvalue weighted by molar-refractivity contribution is 9.10. The molecule has 1 saturated heterocycles. The summed E-state index contributed by atoms with van der Waals surface area (Å²) in [7, 11) is 0. The highest BCUT2D eigenvalue weighted by Crippen LogP contribution is 2.35. The van der Waals surface area contributed by atoms with E-state index in [0.717, 1.165) is 21.4 Å². The highest BCUT2D eigenvalue weighted by atomic mass is 79.9. The van der Waals surface area contributed by atoms with E-state index < -0.39 is 12.1 Å². The molecule has 0 spiro atoms. The number of imide groups is 1. The van der Waals surface area contributed by atoms with Crippen LogP contribution in [0.15, 0.2) is 58.1 Å². The van der Waals surface area contributed by atoms with E-state index in [-0.39, 0.29) is 25.0 Å². The Morgan fingerprint density at radius 2 is 2.03 bits per heavy atom. The van der Waals surface area contributed by atoms with E-state index in [9.17, 15) is 9.59 Å². The van der Waals surface area contributed by atoms with E-state index >= 15 is 0 Å². The molecular formula is C21H19BrClN3O3. The van der Waals surface area contributed by atoms with Gasteiger partial charge in [-0.15, -0.1) is 0 Å². The monoisotopic (exact) mass is 475 g/mol. The molecule has 4 rings (SSSR count). The van der Waals surface area contributed by atoms with Crippen LogP contribution in [0.3, 0.4) is 0 Å². The molecule has 2 amide bonds. The van der Waals surface area contributed by atoms with Gasteiger partial charge in [0.2, 0.25) is 0 Å². The van der Waals surface area contributed by atoms with Crippen LogP contribution < -0.4 is 5.01 Å². The minimum atomic E-state index is -0.638. The summed E-state index contributed by atoms with van der Waals surface area (Å²) in [6.45, 7) is 2.48. The highest BCUT2D eigenvalue weighted by Gasteiger charge is 2.46. The molecule has 0 radical (unpaired) electrons. The lowest BCUT2D eigenvalue weighted by atomic mass is 9.88. The Bertz CT molecular complexity index is 979. The Morgan fingerprint density at radius 3 is 2.66 bits per heavy atom. The summed E-state index contributed by atoms with van der Waals surface area (Å²) in [5, 5.41) is 7.14. The molecular weight excluding hydrogens is 458 g/mol. The molecule has 0 bridgehead atoms. The lowest BCUT2D eigenvalue weighted by molar-refractivity contribution is -0.129. The first-order valence-electron chi connectivity index (χ1n) is 9.37. The summed E-state index contributed by atoms with van der Waals surface area (Å²) < 4.78 is 5.91. The Labute approximate surface area is 182 Å². The molecule has 2 atom stereocenters. The Balaban J connectivity index is 1.79. The predicted octanol–water partition coefficient (Wildman–Crippen LogP) is 4.70. The van der Waals surface area contributed by atoms with Gasteiger partial charge in [-0.05, 0) is 48.4 Å². The fourth-order valence-corrected chi connectivity index (χ4v) is 4.21. The maximum absolute atomic E-state index is 13.4. The van der Waals surface area contributed by atoms with Crippen LogP contribution in [-0.2, 0) is 9.53 Å². The molecule has 0 N–H and O–H groups in total. The van der Waals surface area contributed by atoms with Crippen LogP contribution in [0.2, 0.25) is 5.02 Å². The van der Waals surface area contributed by atoms with Gasteiger partial charge in [-0.2, -0.15) is 5.10 Å². The summed E-state index contributed by atoms with van der Waals surface area (Å²) >= 11 is 9.63. The van der Waals surface area contributed by atoms with Crippen LogP contribution in [0.25, 0.3) is 0 Å². The van der Waals surface area contributed by atoms with Crippen LogP contribution in [0.5, 0.6) is 0 Å². The maximum Gasteiger partial charge on any atom is 0.416 e. The van der Waals surface area contributed by atoms with E-state index in [1.807, 2.05) is 49.4 Å². The molecule has 2 heterocycles. The maximum atomic E-state index is 13.4. The van der Waals surface area contributed by atoms with Crippen molar-refractivity contribution < 1.29 is 14.3 Å². The zero-order valence-electron chi connectivity index (χ0n) is 15.7. The van der Waals surface area contributed by atoms with Gasteiger partial charge in [0.1, 0.15) is 12.6 Å². The number of anilines is 1. The lowest BCUT2D eigenvalue weighted by Crippen LogP contribution is -2.49. The molecule has 8 heteroatoms. The number of benzene rings is 2. The predicted molar refractivity (Wildman–Crippen MR) is 115 cm³/mol.